The first-order chi connectivity index (χ1) is 7.53. The van der Waals surface area contributed by atoms with Gasteiger partial charge in [0.1, 0.15) is 4.21 Å². The lowest BCUT2D eigenvalue weighted by molar-refractivity contribution is 0.531. The van der Waals surface area contributed by atoms with Crippen LogP contribution in [0, 0.1) is 0 Å². The number of nitrogens with one attached hydrogen (secondary N) is 1. The van der Waals surface area contributed by atoms with E-state index in [2.05, 4.69) is 4.72 Å². The molecule has 0 spiro atoms. The van der Waals surface area contributed by atoms with Gasteiger partial charge in [0.15, 0.2) is 0 Å². The lowest BCUT2D eigenvalue weighted by Crippen LogP contribution is -2.33. The van der Waals surface area contributed by atoms with E-state index >= 15 is 0 Å². The average Bonchev–Trinajstić information content (AvgIpc) is 2.75. The van der Waals surface area contributed by atoms with Crippen molar-refractivity contribution in [1.82, 2.24) is 4.72 Å². The van der Waals surface area contributed by atoms with Crippen molar-refractivity contribution in [1.29, 1.82) is 0 Å². The van der Waals surface area contributed by atoms with Crippen LogP contribution in [0.4, 0.5) is 0 Å². The van der Waals surface area contributed by atoms with Crippen molar-refractivity contribution in [2.45, 2.75) is 43.5 Å². The molecule has 0 atom stereocenters. The molecule has 0 amide bonds. The smallest absolute Gasteiger partial charge is 0.250 e. The molecule has 0 saturated heterocycles. The summed E-state index contributed by atoms with van der Waals surface area (Å²) in [6.07, 6.45) is 1.59. The molecule has 0 unspecified atom stereocenters. The zero-order valence-electron chi connectivity index (χ0n) is 9.56. The van der Waals surface area contributed by atoms with Crippen LogP contribution in [0.2, 0.25) is 0 Å². The maximum atomic E-state index is 11.9. The Morgan fingerprint density at radius 1 is 1.38 bits per heavy atom. The number of hydrogen-bond donors (Lipinski definition) is 2. The van der Waals surface area contributed by atoms with E-state index in [0.29, 0.717) is 10.8 Å². The molecule has 0 radical (unpaired) electrons. The van der Waals surface area contributed by atoms with E-state index in [0.717, 1.165) is 17.7 Å². The Kier molecular flexibility index (Phi) is 4.91. The third kappa shape index (κ3) is 3.28. The lowest BCUT2D eigenvalue weighted by Gasteiger charge is -2.13. The standard InChI is InChI=1S/C10H18N2O2S2/c1-3-8(4-2)12-16(13,14)10-6-5-9(7-11)15-10/h5-6,8,12H,3-4,7,11H2,1-2H3. The van der Waals surface area contributed by atoms with E-state index in [9.17, 15) is 8.42 Å². The van der Waals surface area contributed by atoms with Crippen molar-refractivity contribution in [2.24, 2.45) is 5.73 Å². The van der Waals surface area contributed by atoms with E-state index in [4.69, 9.17) is 5.73 Å². The van der Waals surface area contributed by atoms with Crippen molar-refractivity contribution in [2.75, 3.05) is 0 Å². The minimum Gasteiger partial charge on any atom is -0.326 e. The van der Waals surface area contributed by atoms with Crippen LogP contribution in [0.3, 0.4) is 0 Å². The first-order valence-corrected chi connectivity index (χ1v) is 7.64. The summed E-state index contributed by atoms with van der Waals surface area (Å²) in [5.41, 5.74) is 5.46. The Balaban J connectivity index is 2.85. The molecule has 1 aromatic heterocycles. The molecule has 0 aliphatic carbocycles. The molecule has 0 aliphatic rings. The predicted molar refractivity (Wildman–Crippen MR) is 66.9 cm³/mol. The van der Waals surface area contributed by atoms with Gasteiger partial charge in [0.05, 0.1) is 0 Å². The predicted octanol–water partition coefficient (Wildman–Crippen LogP) is 1.67. The van der Waals surface area contributed by atoms with Crippen molar-refractivity contribution in [3.63, 3.8) is 0 Å². The van der Waals surface area contributed by atoms with Crippen LogP contribution >= 0.6 is 11.3 Å². The highest BCUT2D eigenvalue weighted by Gasteiger charge is 2.19. The third-order valence-corrected chi connectivity index (χ3v) is 5.53. The van der Waals surface area contributed by atoms with Gasteiger partial charge in [-0.05, 0) is 25.0 Å². The molecule has 4 nitrogen and oxygen atoms in total. The molecular weight excluding hydrogens is 244 g/mol. The number of hydrogen-bond acceptors (Lipinski definition) is 4. The van der Waals surface area contributed by atoms with Crippen molar-refractivity contribution in [3.8, 4) is 0 Å². The molecule has 0 fully saturated rings. The second kappa shape index (κ2) is 5.77. The van der Waals surface area contributed by atoms with Crippen LogP contribution in [0.15, 0.2) is 16.3 Å². The molecule has 0 aliphatic heterocycles. The van der Waals surface area contributed by atoms with E-state index in [1.54, 1.807) is 12.1 Å². The van der Waals surface area contributed by atoms with E-state index in [1.165, 1.54) is 11.3 Å². The summed E-state index contributed by atoms with van der Waals surface area (Å²) in [6.45, 7) is 4.32. The topological polar surface area (TPSA) is 72.2 Å². The maximum Gasteiger partial charge on any atom is 0.250 e. The van der Waals surface area contributed by atoms with E-state index in [-0.39, 0.29) is 6.04 Å². The lowest BCUT2D eigenvalue weighted by atomic mass is 10.2. The normalized spacial score (nSPS) is 12.2. The second-order valence-electron chi connectivity index (χ2n) is 3.56. The van der Waals surface area contributed by atoms with Crippen molar-refractivity contribution < 1.29 is 8.42 Å². The van der Waals surface area contributed by atoms with Gasteiger partial charge >= 0.3 is 0 Å². The van der Waals surface area contributed by atoms with E-state index in [1.807, 2.05) is 13.8 Å². The summed E-state index contributed by atoms with van der Waals surface area (Å²) in [4.78, 5) is 0.880. The van der Waals surface area contributed by atoms with Crippen LogP contribution in [-0.2, 0) is 16.6 Å². The van der Waals surface area contributed by atoms with Gasteiger partial charge in [0.25, 0.3) is 0 Å². The minimum absolute atomic E-state index is 0.00780. The number of thiophene rings is 1. The molecule has 16 heavy (non-hydrogen) atoms. The van der Waals surface area contributed by atoms with E-state index < -0.39 is 10.0 Å². The Labute approximate surface area is 101 Å². The summed E-state index contributed by atoms with van der Waals surface area (Å²) in [5.74, 6) is 0. The number of nitrogens with two attached hydrogens (primary N) is 1. The van der Waals surface area contributed by atoms with Gasteiger partial charge < -0.3 is 5.73 Å². The second-order valence-corrected chi connectivity index (χ2v) is 6.67. The molecule has 0 bridgehead atoms. The SMILES string of the molecule is CCC(CC)NS(=O)(=O)c1ccc(CN)s1. The molecule has 3 N–H and O–H groups in total. The largest absolute Gasteiger partial charge is 0.326 e. The fraction of sp³-hybridized carbons (Fsp3) is 0.600. The molecule has 0 saturated carbocycles. The zero-order valence-corrected chi connectivity index (χ0v) is 11.2. The molecule has 6 heteroatoms. The van der Waals surface area contributed by atoms with Gasteiger partial charge in [-0.3, -0.25) is 0 Å². The fourth-order valence-electron chi connectivity index (χ4n) is 1.35. The molecule has 1 heterocycles. The first kappa shape index (κ1) is 13.6. The van der Waals surface area contributed by atoms with Crippen LogP contribution in [0.5, 0.6) is 0 Å². The highest BCUT2D eigenvalue weighted by molar-refractivity contribution is 7.91. The summed E-state index contributed by atoms with van der Waals surface area (Å²) in [7, 11) is -3.36. The Bertz CT molecular complexity index is 422. The molecular formula is C10H18N2O2S2. The molecule has 0 aromatic carbocycles. The van der Waals surface area contributed by atoms with Gasteiger partial charge in [-0.15, -0.1) is 11.3 Å². The monoisotopic (exact) mass is 262 g/mol. The van der Waals surface area contributed by atoms with Crippen LogP contribution in [0.1, 0.15) is 31.6 Å². The van der Waals surface area contributed by atoms with Gasteiger partial charge in [-0.2, -0.15) is 0 Å². The summed E-state index contributed by atoms with van der Waals surface area (Å²) < 4.78 is 26.9. The summed E-state index contributed by atoms with van der Waals surface area (Å²) >= 11 is 1.23. The average molecular weight is 262 g/mol. The van der Waals surface area contributed by atoms with Gasteiger partial charge in [0, 0.05) is 17.5 Å². The summed E-state index contributed by atoms with van der Waals surface area (Å²) in [5, 5.41) is 0. The Morgan fingerprint density at radius 2 is 2.00 bits per heavy atom. The van der Waals surface area contributed by atoms with Crippen LogP contribution in [-0.4, -0.2) is 14.5 Å². The number of sulfonamides is 1. The molecule has 1 aromatic rings. The van der Waals surface area contributed by atoms with Crippen LogP contribution in [0.25, 0.3) is 0 Å². The van der Waals surface area contributed by atoms with Crippen LogP contribution < -0.4 is 10.5 Å². The van der Waals surface area contributed by atoms with Gasteiger partial charge in [-0.25, -0.2) is 13.1 Å². The quantitative estimate of drug-likeness (QED) is 0.819. The summed E-state index contributed by atoms with van der Waals surface area (Å²) in [6, 6.07) is 3.37. The first-order valence-electron chi connectivity index (χ1n) is 5.34. The maximum absolute atomic E-state index is 11.9. The van der Waals surface area contributed by atoms with Gasteiger partial charge in [0.2, 0.25) is 10.0 Å². The third-order valence-electron chi connectivity index (χ3n) is 2.41. The molecule has 92 valence electrons. The highest BCUT2D eigenvalue weighted by atomic mass is 32.2. The van der Waals surface area contributed by atoms with Crippen molar-refractivity contribution in [3.05, 3.63) is 17.0 Å². The van der Waals surface area contributed by atoms with Gasteiger partial charge in [-0.1, -0.05) is 13.8 Å². The number of rotatable bonds is 6. The van der Waals surface area contributed by atoms with Crippen molar-refractivity contribution >= 4 is 21.4 Å². The minimum atomic E-state index is -3.36. The fourth-order valence-corrected chi connectivity index (χ4v) is 4.00. The zero-order chi connectivity index (χ0) is 12.2. The Morgan fingerprint density at radius 3 is 2.44 bits per heavy atom. The molecule has 1 rings (SSSR count). The highest BCUT2D eigenvalue weighted by Crippen LogP contribution is 2.21. The Hall–Kier alpha value is -0.430.